The molecule has 0 unspecified atom stereocenters. The predicted molar refractivity (Wildman–Crippen MR) is 120 cm³/mol. The molecule has 2 heterocycles. The van der Waals surface area contributed by atoms with Crippen molar-refractivity contribution in [3.05, 3.63) is 24.3 Å². The average molecular weight is 475 g/mol. The Morgan fingerprint density at radius 1 is 1.19 bits per heavy atom. The van der Waals surface area contributed by atoms with E-state index in [2.05, 4.69) is 4.90 Å². The number of morpholine rings is 1. The number of hydrogen-bond acceptors (Lipinski definition) is 7. The summed E-state index contributed by atoms with van der Waals surface area (Å²) in [5.74, 6) is 0.916. The van der Waals surface area contributed by atoms with Crippen LogP contribution >= 0.6 is 0 Å². The SMILES string of the molecule is CC(C)COc1ccc(S(=O)(=O)N(CCCN2CCOCC2)[C@H]2CCS(=O)(=O)C2)cc1. The quantitative estimate of drug-likeness (QED) is 0.509. The molecule has 1 aromatic rings. The van der Waals surface area contributed by atoms with Gasteiger partial charge in [0.15, 0.2) is 9.84 Å². The molecule has 2 fully saturated rings. The Bertz CT molecular complexity index is 910. The van der Waals surface area contributed by atoms with Crippen LogP contribution in [-0.4, -0.2) is 89.6 Å². The highest BCUT2D eigenvalue weighted by atomic mass is 32.2. The van der Waals surface area contributed by atoms with Gasteiger partial charge in [0.25, 0.3) is 0 Å². The minimum absolute atomic E-state index is 0.0368. The van der Waals surface area contributed by atoms with Gasteiger partial charge in [0.2, 0.25) is 10.0 Å². The molecule has 0 aliphatic carbocycles. The molecule has 2 aliphatic heterocycles. The Kier molecular flexibility index (Phi) is 8.37. The summed E-state index contributed by atoms with van der Waals surface area (Å²) in [6, 6.07) is 5.89. The van der Waals surface area contributed by atoms with Crippen LogP contribution in [0.2, 0.25) is 0 Å². The zero-order valence-electron chi connectivity index (χ0n) is 18.4. The van der Waals surface area contributed by atoms with Crippen LogP contribution in [-0.2, 0) is 24.6 Å². The van der Waals surface area contributed by atoms with Gasteiger partial charge in [-0.25, -0.2) is 16.8 Å². The second-order valence-electron chi connectivity index (χ2n) is 8.66. The van der Waals surface area contributed by atoms with E-state index in [4.69, 9.17) is 9.47 Å². The first kappa shape index (κ1) is 24.4. The lowest BCUT2D eigenvalue weighted by molar-refractivity contribution is 0.0367. The normalized spacial score (nSPS) is 22.3. The van der Waals surface area contributed by atoms with Crippen molar-refractivity contribution in [3.63, 3.8) is 0 Å². The molecule has 0 N–H and O–H groups in total. The standard InChI is InChI=1S/C21H34N2O6S2/c1-18(2)16-29-20-4-6-21(7-5-20)31(26,27)23(19-8-15-30(24,25)17-19)10-3-9-22-11-13-28-14-12-22/h4-7,18-19H,3,8-17H2,1-2H3/t19-/m0/s1. The Morgan fingerprint density at radius 3 is 2.45 bits per heavy atom. The van der Waals surface area contributed by atoms with E-state index in [0.717, 1.165) is 19.6 Å². The minimum Gasteiger partial charge on any atom is -0.493 e. The third-order valence-electron chi connectivity index (χ3n) is 5.59. The van der Waals surface area contributed by atoms with Gasteiger partial charge in [0, 0.05) is 25.7 Å². The zero-order valence-corrected chi connectivity index (χ0v) is 20.0. The molecule has 31 heavy (non-hydrogen) atoms. The van der Waals surface area contributed by atoms with Gasteiger partial charge in [-0.05, 0) is 49.6 Å². The third-order valence-corrected chi connectivity index (χ3v) is 9.30. The van der Waals surface area contributed by atoms with Crippen LogP contribution in [0.1, 0.15) is 26.7 Å². The molecule has 1 aromatic carbocycles. The van der Waals surface area contributed by atoms with Gasteiger partial charge in [-0.3, -0.25) is 4.90 Å². The molecule has 0 bridgehead atoms. The van der Waals surface area contributed by atoms with E-state index in [0.29, 0.717) is 50.9 Å². The van der Waals surface area contributed by atoms with Gasteiger partial charge in [-0.1, -0.05) is 13.8 Å². The van der Waals surface area contributed by atoms with Crippen LogP contribution in [0.15, 0.2) is 29.2 Å². The molecule has 3 rings (SSSR count). The molecule has 2 saturated heterocycles. The number of hydrogen-bond donors (Lipinski definition) is 0. The van der Waals surface area contributed by atoms with Crippen molar-refractivity contribution in [1.82, 2.24) is 9.21 Å². The molecule has 0 saturated carbocycles. The summed E-state index contributed by atoms with van der Waals surface area (Å²) in [4.78, 5) is 2.42. The predicted octanol–water partition coefficient (Wildman–Crippen LogP) is 1.62. The van der Waals surface area contributed by atoms with E-state index in [1.807, 2.05) is 13.8 Å². The van der Waals surface area contributed by atoms with E-state index in [9.17, 15) is 16.8 Å². The van der Waals surface area contributed by atoms with Crippen LogP contribution < -0.4 is 4.74 Å². The number of benzene rings is 1. The van der Waals surface area contributed by atoms with Crippen molar-refractivity contribution < 1.29 is 26.3 Å². The number of sulfonamides is 1. The summed E-state index contributed by atoms with van der Waals surface area (Å²) in [5.41, 5.74) is 0. The van der Waals surface area contributed by atoms with E-state index in [-0.39, 0.29) is 16.4 Å². The fourth-order valence-electron chi connectivity index (χ4n) is 3.88. The van der Waals surface area contributed by atoms with Gasteiger partial charge in [-0.2, -0.15) is 4.31 Å². The summed E-state index contributed by atoms with van der Waals surface area (Å²) in [6.07, 6.45) is 0.986. The molecule has 1 atom stereocenters. The van der Waals surface area contributed by atoms with Gasteiger partial charge in [-0.15, -0.1) is 0 Å². The van der Waals surface area contributed by atoms with Gasteiger partial charge < -0.3 is 9.47 Å². The van der Waals surface area contributed by atoms with E-state index in [1.54, 1.807) is 24.3 Å². The molecular formula is C21H34N2O6S2. The highest BCUT2D eigenvalue weighted by Gasteiger charge is 2.38. The summed E-state index contributed by atoms with van der Waals surface area (Å²) in [5, 5.41) is 0. The third kappa shape index (κ3) is 6.89. The van der Waals surface area contributed by atoms with Gasteiger partial charge >= 0.3 is 0 Å². The van der Waals surface area contributed by atoms with E-state index >= 15 is 0 Å². The number of nitrogens with zero attached hydrogens (tertiary/aromatic N) is 2. The highest BCUT2D eigenvalue weighted by molar-refractivity contribution is 7.92. The monoisotopic (exact) mass is 474 g/mol. The Hall–Kier alpha value is -1.20. The zero-order chi connectivity index (χ0) is 22.5. The fraction of sp³-hybridized carbons (Fsp3) is 0.714. The van der Waals surface area contributed by atoms with Gasteiger partial charge in [0.1, 0.15) is 5.75 Å². The number of rotatable bonds is 10. The molecule has 0 radical (unpaired) electrons. The van der Waals surface area contributed by atoms with Crippen molar-refractivity contribution in [3.8, 4) is 5.75 Å². The molecule has 2 aliphatic rings. The van der Waals surface area contributed by atoms with Crippen LogP contribution in [0.25, 0.3) is 0 Å². The summed E-state index contributed by atoms with van der Waals surface area (Å²) < 4.78 is 63.4. The first-order valence-electron chi connectivity index (χ1n) is 10.9. The lowest BCUT2D eigenvalue weighted by Gasteiger charge is -2.30. The summed E-state index contributed by atoms with van der Waals surface area (Å²) in [6.45, 7) is 8.75. The van der Waals surface area contributed by atoms with Gasteiger partial charge in [0.05, 0.1) is 36.2 Å². The molecule has 10 heteroatoms. The fourth-order valence-corrected chi connectivity index (χ4v) is 7.40. The number of ether oxygens (including phenoxy) is 2. The molecule has 0 aromatic heterocycles. The molecule has 8 nitrogen and oxygen atoms in total. The first-order chi connectivity index (χ1) is 14.7. The first-order valence-corrected chi connectivity index (χ1v) is 14.2. The second kappa shape index (κ2) is 10.6. The van der Waals surface area contributed by atoms with Crippen molar-refractivity contribution in [2.75, 3.05) is 57.5 Å². The van der Waals surface area contributed by atoms with Crippen LogP contribution in [0.5, 0.6) is 5.75 Å². The summed E-state index contributed by atoms with van der Waals surface area (Å²) >= 11 is 0. The maximum atomic E-state index is 13.4. The maximum absolute atomic E-state index is 13.4. The van der Waals surface area contributed by atoms with Crippen molar-refractivity contribution in [1.29, 1.82) is 0 Å². The van der Waals surface area contributed by atoms with Crippen molar-refractivity contribution in [2.24, 2.45) is 5.92 Å². The van der Waals surface area contributed by atoms with Crippen molar-refractivity contribution in [2.45, 2.75) is 37.6 Å². The lowest BCUT2D eigenvalue weighted by Crippen LogP contribution is -2.43. The Labute approximate surface area is 186 Å². The summed E-state index contributed by atoms with van der Waals surface area (Å²) in [7, 11) is -7.02. The van der Waals surface area contributed by atoms with Crippen molar-refractivity contribution >= 4 is 19.9 Å². The Balaban J connectivity index is 1.73. The molecular weight excluding hydrogens is 440 g/mol. The average Bonchev–Trinajstić information content (AvgIpc) is 3.09. The Morgan fingerprint density at radius 2 is 1.87 bits per heavy atom. The maximum Gasteiger partial charge on any atom is 0.243 e. The van der Waals surface area contributed by atoms with E-state index < -0.39 is 25.9 Å². The smallest absolute Gasteiger partial charge is 0.243 e. The van der Waals surface area contributed by atoms with Crippen LogP contribution in [0.4, 0.5) is 0 Å². The highest BCUT2D eigenvalue weighted by Crippen LogP contribution is 2.27. The molecule has 176 valence electrons. The molecule has 0 spiro atoms. The number of sulfone groups is 1. The molecule has 0 amide bonds. The largest absolute Gasteiger partial charge is 0.493 e. The van der Waals surface area contributed by atoms with Crippen LogP contribution in [0.3, 0.4) is 0 Å². The van der Waals surface area contributed by atoms with E-state index in [1.165, 1.54) is 4.31 Å². The minimum atomic E-state index is -3.82. The second-order valence-corrected chi connectivity index (χ2v) is 12.8. The lowest BCUT2D eigenvalue weighted by atomic mass is 10.2. The van der Waals surface area contributed by atoms with Crippen LogP contribution in [0, 0.1) is 5.92 Å². The topological polar surface area (TPSA) is 93.2 Å².